The third kappa shape index (κ3) is 4.31. The predicted molar refractivity (Wildman–Crippen MR) is 66.0 cm³/mol. The van der Waals surface area contributed by atoms with Gasteiger partial charge in [0.1, 0.15) is 5.76 Å². The number of carbonyl (C=O) groups excluding carboxylic acids is 1. The van der Waals surface area contributed by atoms with Crippen LogP contribution in [0.5, 0.6) is 0 Å². The van der Waals surface area contributed by atoms with Crippen molar-refractivity contribution in [2.24, 2.45) is 0 Å². The monoisotopic (exact) mass is 258 g/mol. The molecule has 0 saturated heterocycles. The number of ether oxygens (including phenoxy) is 1. The van der Waals surface area contributed by atoms with Crippen LogP contribution in [0, 0.1) is 0 Å². The zero-order valence-electron chi connectivity index (χ0n) is 10.9. The quantitative estimate of drug-likeness (QED) is 0.475. The molecule has 5 nitrogen and oxygen atoms in total. The second kappa shape index (κ2) is 6.20. The summed E-state index contributed by atoms with van der Waals surface area (Å²) in [6.45, 7) is 3.19. The second-order valence-corrected chi connectivity index (χ2v) is 5.13. The molecule has 0 saturated carbocycles. The molecule has 0 aromatic carbocycles. The molecule has 104 valence electrons. The average Bonchev–Trinajstić information content (AvgIpc) is 2.56. The average molecular weight is 258 g/mol. The van der Waals surface area contributed by atoms with Crippen molar-refractivity contribution in [2.75, 3.05) is 0 Å². The van der Waals surface area contributed by atoms with E-state index < -0.39 is 23.8 Å². The number of cyclic esters (lactones) is 1. The van der Waals surface area contributed by atoms with Crippen LogP contribution in [0.1, 0.15) is 46.0 Å². The molecule has 5 heteroatoms. The fraction of sp³-hybridized carbons (Fsp3) is 0.769. The van der Waals surface area contributed by atoms with Gasteiger partial charge in [-0.15, -0.1) is 0 Å². The molecule has 3 atom stereocenters. The van der Waals surface area contributed by atoms with E-state index in [1.54, 1.807) is 13.8 Å². The number of rotatable bonds is 7. The summed E-state index contributed by atoms with van der Waals surface area (Å²) in [5.74, 6) is -0.495. The van der Waals surface area contributed by atoms with Crippen LogP contribution in [0.15, 0.2) is 11.8 Å². The van der Waals surface area contributed by atoms with Gasteiger partial charge in [0.05, 0.1) is 17.8 Å². The first-order chi connectivity index (χ1) is 8.33. The highest BCUT2D eigenvalue weighted by molar-refractivity contribution is 5.85. The molecule has 1 aliphatic heterocycles. The number of aliphatic hydroxyl groups excluding tert-OH is 2. The van der Waals surface area contributed by atoms with E-state index >= 15 is 0 Å². The van der Waals surface area contributed by atoms with Gasteiger partial charge in [-0.05, 0) is 33.1 Å². The maximum atomic E-state index is 10.8. The first-order valence-corrected chi connectivity index (χ1v) is 6.34. The first kappa shape index (κ1) is 15.0. The summed E-state index contributed by atoms with van der Waals surface area (Å²) in [7, 11) is 0. The highest BCUT2D eigenvalue weighted by atomic mass is 16.6. The van der Waals surface area contributed by atoms with Crippen LogP contribution in [0.3, 0.4) is 0 Å². The fourth-order valence-corrected chi connectivity index (χ4v) is 1.85. The van der Waals surface area contributed by atoms with Crippen LogP contribution in [-0.2, 0) is 9.53 Å². The Labute approximate surface area is 107 Å². The van der Waals surface area contributed by atoms with Gasteiger partial charge < -0.3 is 20.1 Å². The minimum Gasteiger partial charge on any atom is -0.508 e. The van der Waals surface area contributed by atoms with Gasteiger partial charge in [-0.3, -0.25) is 0 Å². The smallest absolute Gasteiger partial charge is 0.335 e. The lowest BCUT2D eigenvalue weighted by atomic mass is 9.93. The lowest BCUT2D eigenvalue weighted by Crippen LogP contribution is -2.36. The topological polar surface area (TPSA) is 87.0 Å². The molecule has 3 N–H and O–H groups in total. The Hall–Kier alpha value is -1.07. The summed E-state index contributed by atoms with van der Waals surface area (Å²) in [5.41, 5.74) is -1.05. The van der Waals surface area contributed by atoms with E-state index in [1.165, 1.54) is 0 Å². The van der Waals surface area contributed by atoms with Crippen LogP contribution in [0.4, 0.5) is 0 Å². The molecule has 0 aromatic rings. The van der Waals surface area contributed by atoms with E-state index in [0.29, 0.717) is 12.8 Å². The molecule has 3 unspecified atom stereocenters. The van der Waals surface area contributed by atoms with Crippen LogP contribution in [0.25, 0.3) is 0 Å². The van der Waals surface area contributed by atoms with Gasteiger partial charge in [-0.2, -0.15) is 0 Å². The van der Waals surface area contributed by atoms with Crippen molar-refractivity contribution >= 4 is 5.97 Å². The number of unbranched alkanes of at least 4 members (excludes halogenated alkanes) is 2. The normalized spacial score (nSPS) is 24.3. The van der Waals surface area contributed by atoms with E-state index in [4.69, 9.17) is 4.74 Å². The van der Waals surface area contributed by atoms with Crippen molar-refractivity contribution in [3.8, 4) is 0 Å². The zero-order valence-corrected chi connectivity index (χ0v) is 10.9. The van der Waals surface area contributed by atoms with Crippen LogP contribution in [-0.4, -0.2) is 39.1 Å². The highest BCUT2D eigenvalue weighted by Crippen LogP contribution is 2.22. The van der Waals surface area contributed by atoms with Gasteiger partial charge in [-0.25, -0.2) is 4.79 Å². The summed E-state index contributed by atoms with van der Waals surface area (Å²) in [5, 5.41) is 28.5. The summed E-state index contributed by atoms with van der Waals surface area (Å²) in [6, 6.07) is 0. The molecular weight excluding hydrogens is 236 g/mol. The molecule has 1 rings (SSSR count). The SMILES string of the molecule is CC(O)C(C)(O)CCCCCC1OC(=O)C=C1O. The number of hydrogen-bond acceptors (Lipinski definition) is 5. The van der Waals surface area contributed by atoms with Crippen molar-refractivity contribution in [2.45, 2.75) is 63.8 Å². The molecule has 0 aliphatic carbocycles. The largest absolute Gasteiger partial charge is 0.508 e. The van der Waals surface area contributed by atoms with Crippen molar-refractivity contribution < 1.29 is 24.9 Å². The molecule has 0 aromatic heterocycles. The maximum Gasteiger partial charge on any atom is 0.335 e. The Kier molecular flexibility index (Phi) is 5.16. The third-order valence-electron chi connectivity index (χ3n) is 3.40. The molecule has 1 aliphatic rings. The van der Waals surface area contributed by atoms with Gasteiger partial charge in [0.2, 0.25) is 0 Å². The van der Waals surface area contributed by atoms with Crippen LogP contribution < -0.4 is 0 Å². The predicted octanol–water partition coefficient (Wildman–Crippen LogP) is 1.44. The molecular formula is C13H22O5. The Bertz CT molecular complexity index is 319. The molecule has 0 bridgehead atoms. The van der Waals surface area contributed by atoms with E-state index in [1.807, 2.05) is 0 Å². The Morgan fingerprint density at radius 2 is 2.11 bits per heavy atom. The van der Waals surface area contributed by atoms with Crippen LogP contribution >= 0.6 is 0 Å². The number of esters is 1. The van der Waals surface area contributed by atoms with E-state index in [0.717, 1.165) is 25.3 Å². The van der Waals surface area contributed by atoms with Gasteiger partial charge in [0, 0.05) is 0 Å². The molecule has 1 heterocycles. The Morgan fingerprint density at radius 3 is 2.61 bits per heavy atom. The minimum absolute atomic E-state index is 0.00373. The van der Waals surface area contributed by atoms with E-state index in [2.05, 4.69) is 0 Å². The zero-order chi connectivity index (χ0) is 13.8. The minimum atomic E-state index is -1.05. The Balaban J connectivity index is 2.13. The lowest BCUT2D eigenvalue weighted by Gasteiger charge is -2.26. The van der Waals surface area contributed by atoms with Gasteiger partial charge in [0.25, 0.3) is 0 Å². The number of aliphatic hydroxyl groups is 3. The van der Waals surface area contributed by atoms with Crippen molar-refractivity contribution in [3.05, 3.63) is 11.8 Å². The third-order valence-corrected chi connectivity index (χ3v) is 3.40. The molecule has 0 spiro atoms. The van der Waals surface area contributed by atoms with E-state index in [-0.39, 0.29) is 5.76 Å². The molecule has 0 fully saturated rings. The van der Waals surface area contributed by atoms with Gasteiger partial charge >= 0.3 is 5.97 Å². The van der Waals surface area contributed by atoms with Crippen LogP contribution in [0.2, 0.25) is 0 Å². The Morgan fingerprint density at radius 1 is 1.44 bits per heavy atom. The van der Waals surface area contributed by atoms with E-state index in [9.17, 15) is 20.1 Å². The lowest BCUT2D eigenvalue weighted by molar-refractivity contribution is -0.139. The summed E-state index contributed by atoms with van der Waals surface area (Å²) in [6.07, 6.45) is 3.39. The summed E-state index contributed by atoms with van der Waals surface area (Å²) >= 11 is 0. The highest BCUT2D eigenvalue weighted by Gasteiger charge is 2.27. The first-order valence-electron chi connectivity index (χ1n) is 6.34. The van der Waals surface area contributed by atoms with Crippen molar-refractivity contribution in [1.82, 2.24) is 0 Å². The molecule has 0 amide bonds. The second-order valence-electron chi connectivity index (χ2n) is 5.13. The maximum absolute atomic E-state index is 10.8. The van der Waals surface area contributed by atoms with Gasteiger partial charge in [-0.1, -0.05) is 12.8 Å². The fourth-order valence-electron chi connectivity index (χ4n) is 1.85. The summed E-state index contributed by atoms with van der Waals surface area (Å²) < 4.78 is 4.89. The van der Waals surface area contributed by atoms with Crippen molar-refractivity contribution in [1.29, 1.82) is 0 Å². The van der Waals surface area contributed by atoms with Gasteiger partial charge in [0.15, 0.2) is 6.10 Å². The van der Waals surface area contributed by atoms with Crippen molar-refractivity contribution in [3.63, 3.8) is 0 Å². The molecule has 18 heavy (non-hydrogen) atoms. The standard InChI is InChI=1S/C13H22O5/c1-9(14)13(2,17)7-5-3-4-6-11-10(15)8-12(16)18-11/h8-9,11,14-15,17H,3-7H2,1-2H3. The number of carbonyl (C=O) groups is 1. The summed E-state index contributed by atoms with van der Waals surface area (Å²) in [4.78, 5) is 10.8. The molecule has 0 radical (unpaired) electrons. The number of hydrogen-bond donors (Lipinski definition) is 3.